The van der Waals surface area contributed by atoms with E-state index >= 15 is 0 Å². The molecule has 0 aliphatic carbocycles. The molecular formula is C16H24N2O2. The van der Waals surface area contributed by atoms with Gasteiger partial charge < -0.3 is 15.4 Å². The number of piperidine rings is 1. The predicted molar refractivity (Wildman–Crippen MR) is 81.0 cm³/mol. The second-order valence-corrected chi connectivity index (χ2v) is 5.76. The van der Waals surface area contributed by atoms with E-state index in [0.29, 0.717) is 23.0 Å². The van der Waals surface area contributed by atoms with Crippen LogP contribution in [0.5, 0.6) is 5.75 Å². The number of hydrogen-bond donors (Lipinski definition) is 1. The number of likely N-dealkylation sites (tertiary alicyclic amines) is 1. The normalized spacial score (nSPS) is 19.2. The first kappa shape index (κ1) is 14.7. The summed E-state index contributed by atoms with van der Waals surface area (Å²) >= 11 is 0. The third kappa shape index (κ3) is 3.24. The third-order valence-corrected chi connectivity index (χ3v) is 3.68. The summed E-state index contributed by atoms with van der Waals surface area (Å²) in [6, 6.07) is 5.63. The molecule has 0 bridgehead atoms. The second kappa shape index (κ2) is 6.16. The molecule has 0 radical (unpaired) electrons. The summed E-state index contributed by atoms with van der Waals surface area (Å²) in [5, 5.41) is 0. The molecule has 1 amide bonds. The quantitative estimate of drug-likeness (QED) is 0.863. The molecule has 0 aromatic heterocycles. The molecule has 1 aliphatic heterocycles. The van der Waals surface area contributed by atoms with Crippen LogP contribution in [0.2, 0.25) is 0 Å². The highest BCUT2D eigenvalue weighted by Crippen LogP contribution is 2.26. The molecule has 1 saturated heterocycles. The highest BCUT2D eigenvalue weighted by atomic mass is 16.5. The van der Waals surface area contributed by atoms with E-state index in [1.165, 1.54) is 6.42 Å². The average molecular weight is 276 g/mol. The molecule has 110 valence electrons. The topological polar surface area (TPSA) is 55.6 Å². The molecule has 2 rings (SSSR count). The number of rotatable bonds is 3. The van der Waals surface area contributed by atoms with Crippen molar-refractivity contribution >= 4 is 11.6 Å². The molecule has 1 atom stereocenters. The minimum atomic E-state index is 0.0694. The fourth-order valence-electron chi connectivity index (χ4n) is 2.61. The van der Waals surface area contributed by atoms with Crippen molar-refractivity contribution in [2.45, 2.75) is 52.2 Å². The van der Waals surface area contributed by atoms with Gasteiger partial charge in [0.2, 0.25) is 0 Å². The van der Waals surface area contributed by atoms with Gasteiger partial charge in [0.1, 0.15) is 5.75 Å². The van der Waals surface area contributed by atoms with E-state index in [2.05, 4.69) is 6.92 Å². The minimum absolute atomic E-state index is 0.0694. The molecule has 4 nitrogen and oxygen atoms in total. The molecule has 1 aromatic rings. The maximum absolute atomic E-state index is 12.5. The summed E-state index contributed by atoms with van der Waals surface area (Å²) in [6.07, 6.45) is 3.44. The Balaban J connectivity index is 2.16. The second-order valence-electron chi connectivity index (χ2n) is 5.76. The van der Waals surface area contributed by atoms with Crippen molar-refractivity contribution in [3.8, 4) is 5.75 Å². The van der Waals surface area contributed by atoms with E-state index in [1.807, 2.05) is 18.7 Å². The fourth-order valence-corrected chi connectivity index (χ4v) is 2.61. The van der Waals surface area contributed by atoms with E-state index in [-0.39, 0.29) is 12.0 Å². The average Bonchev–Trinajstić information content (AvgIpc) is 2.40. The van der Waals surface area contributed by atoms with Gasteiger partial charge in [0.05, 0.1) is 11.8 Å². The number of anilines is 1. The number of carbonyl (C=O) groups is 1. The van der Waals surface area contributed by atoms with Gasteiger partial charge >= 0.3 is 0 Å². The van der Waals surface area contributed by atoms with Crippen LogP contribution in [0, 0.1) is 0 Å². The Morgan fingerprint density at radius 2 is 2.15 bits per heavy atom. The van der Waals surface area contributed by atoms with E-state index < -0.39 is 0 Å². The number of nitrogens with zero attached hydrogens (tertiary/aromatic N) is 1. The number of ether oxygens (including phenoxy) is 1. The van der Waals surface area contributed by atoms with Gasteiger partial charge in [0.25, 0.3) is 5.91 Å². The van der Waals surface area contributed by atoms with Crippen LogP contribution in [0.3, 0.4) is 0 Å². The number of hydrogen-bond acceptors (Lipinski definition) is 3. The Morgan fingerprint density at radius 3 is 2.75 bits per heavy atom. The Kier molecular flexibility index (Phi) is 4.53. The highest BCUT2D eigenvalue weighted by molar-refractivity contribution is 5.95. The van der Waals surface area contributed by atoms with Crippen LogP contribution in [-0.4, -0.2) is 29.5 Å². The van der Waals surface area contributed by atoms with Crippen molar-refractivity contribution < 1.29 is 9.53 Å². The van der Waals surface area contributed by atoms with Crippen LogP contribution in [0.4, 0.5) is 5.69 Å². The van der Waals surface area contributed by atoms with Crippen LogP contribution in [0.25, 0.3) is 0 Å². The molecule has 1 fully saturated rings. The summed E-state index contributed by atoms with van der Waals surface area (Å²) in [5.41, 5.74) is 7.14. The number of amides is 1. The zero-order chi connectivity index (χ0) is 14.7. The van der Waals surface area contributed by atoms with Crippen molar-refractivity contribution in [3.05, 3.63) is 23.8 Å². The first-order valence-corrected chi connectivity index (χ1v) is 7.36. The minimum Gasteiger partial charge on any atom is -0.489 e. The molecule has 1 heterocycles. The van der Waals surface area contributed by atoms with Crippen LogP contribution in [0.1, 0.15) is 50.4 Å². The lowest BCUT2D eigenvalue weighted by Gasteiger charge is -2.33. The lowest BCUT2D eigenvalue weighted by molar-refractivity contribution is 0.0635. The summed E-state index contributed by atoms with van der Waals surface area (Å²) in [5.74, 6) is 0.711. The fraction of sp³-hybridized carbons (Fsp3) is 0.562. The molecule has 0 spiro atoms. The largest absolute Gasteiger partial charge is 0.489 e. The number of nitrogens with two attached hydrogens (primary N) is 1. The van der Waals surface area contributed by atoms with Crippen molar-refractivity contribution in [2.24, 2.45) is 0 Å². The van der Waals surface area contributed by atoms with Gasteiger partial charge in [-0.15, -0.1) is 0 Å². The monoisotopic (exact) mass is 276 g/mol. The Bertz CT molecular complexity index is 485. The zero-order valence-corrected chi connectivity index (χ0v) is 12.6. The molecule has 1 aliphatic rings. The van der Waals surface area contributed by atoms with Crippen LogP contribution in [0.15, 0.2) is 18.2 Å². The molecule has 20 heavy (non-hydrogen) atoms. The van der Waals surface area contributed by atoms with Crippen LogP contribution >= 0.6 is 0 Å². The predicted octanol–water partition coefficient (Wildman–Crippen LogP) is 3.07. The van der Waals surface area contributed by atoms with Gasteiger partial charge in [-0.05, 0) is 58.2 Å². The third-order valence-electron chi connectivity index (χ3n) is 3.68. The van der Waals surface area contributed by atoms with Crippen LogP contribution < -0.4 is 10.5 Å². The SMILES string of the molecule is CC(C)Oc1ccc(C(=O)N2CCCCC2C)cc1N. The first-order valence-electron chi connectivity index (χ1n) is 7.36. The van der Waals surface area contributed by atoms with Gasteiger partial charge in [0.15, 0.2) is 0 Å². The maximum Gasteiger partial charge on any atom is 0.254 e. The van der Waals surface area contributed by atoms with E-state index in [9.17, 15) is 4.79 Å². The van der Waals surface area contributed by atoms with Gasteiger partial charge in [-0.3, -0.25) is 4.79 Å². The summed E-state index contributed by atoms with van der Waals surface area (Å²) < 4.78 is 5.60. The molecule has 4 heteroatoms. The van der Waals surface area contributed by atoms with Crippen molar-refractivity contribution in [3.63, 3.8) is 0 Å². The van der Waals surface area contributed by atoms with Crippen molar-refractivity contribution in [1.82, 2.24) is 4.90 Å². The smallest absolute Gasteiger partial charge is 0.254 e. The van der Waals surface area contributed by atoms with E-state index in [0.717, 1.165) is 19.4 Å². The zero-order valence-electron chi connectivity index (χ0n) is 12.6. The Hall–Kier alpha value is -1.71. The maximum atomic E-state index is 12.5. The number of nitrogen functional groups attached to an aromatic ring is 1. The van der Waals surface area contributed by atoms with Crippen molar-refractivity contribution in [2.75, 3.05) is 12.3 Å². The number of carbonyl (C=O) groups excluding carboxylic acids is 1. The summed E-state index contributed by atoms with van der Waals surface area (Å²) in [7, 11) is 0. The summed E-state index contributed by atoms with van der Waals surface area (Å²) in [4.78, 5) is 14.5. The Morgan fingerprint density at radius 1 is 1.40 bits per heavy atom. The molecule has 0 saturated carbocycles. The van der Waals surface area contributed by atoms with Gasteiger partial charge in [-0.25, -0.2) is 0 Å². The number of benzene rings is 1. The van der Waals surface area contributed by atoms with E-state index in [4.69, 9.17) is 10.5 Å². The summed E-state index contributed by atoms with van der Waals surface area (Å²) in [6.45, 7) is 6.85. The van der Waals surface area contributed by atoms with Crippen LogP contribution in [-0.2, 0) is 0 Å². The lowest BCUT2D eigenvalue weighted by Crippen LogP contribution is -2.42. The van der Waals surface area contributed by atoms with Crippen molar-refractivity contribution in [1.29, 1.82) is 0 Å². The van der Waals surface area contributed by atoms with Gasteiger partial charge in [-0.2, -0.15) is 0 Å². The molecule has 2 N–H and O–H groups in total. The highest BCUT2D eigenvalue weighted by Gasteiger charge is 2.24. The molecule has 1 unspecified atom stereocenters. The Labute approximate surface area is 120 Å². The first-order chi connectivity index (χ1) is 9.49. The van der Waals surface area contributed by atoms with Gasteiger partial charge in [0, 0.05) is 18.2 Å². The van der Waals surface area contributed by atoms with E-state index in [1.54, 1.807) is 18.2 Å². The standard InChI is InChI=1S/C16H24N2O2/c1-11(2)20-15-8-7-13(10-14(15)17)16(19)18-9-5-4-6-12(18)3/h7-8,10-12H,4-6,9,17H2,1-3H3. The molecular weight excluding hydrogens is 252 g/mol. The van der Waals surface area contributed by atoms with Gasteiger partial charge in [-0.1, -0.05) is 0 Å². The molecule has 1 aromatic carbocycles. The lowest BCUT2D eigenvalue weighted by atomic mass is 10.0.